The number of amides is 1. The lowest BCUT2D eigenvalue weighted by Gasteiger charge is -2.28. The van der Waals surface area contributed by atoms with E-state index in [1.807, 2.05) is 13.8 Å². The van der Waals surface area contributed by atoms with Crippen molar-refractivity contribution in [3.63, 3.8) is 0 Å². The summed E-state index contributed by atoms with van der Waals surface area (Å²) in [5.41, 5.74) is 6.28. The minimum atomic E-state index is -1.18. The maximum atomic E-state index is 12.6. The van der Waals surface area contributed by atoms with Crippen molar-refractivity contribution in [2.75, 3.05) is 35.7 Å². The van der Waals surface area contributed by atoms with Gasteiger partial charge in [-0.15, -0.1) is 0 Å². The first kappa shape index (κ1) is 23.4. The number of fused-ring (bicyclic) bond motifs is 1. The van der Waals surface area contributed by atoms with Crippen LogP contribution < -0.4 is 16.0 Å². The van der Waals surface area contributed by atoms with Crippen molar-refractivity contribution >= 4 is 45.8 Å². The van der Waals surface area contributed by atoms with E-state index in [1.54, 1.807) is 12.4 Å². The number of aromatic nitrogens is 4. The Balaban J connectivity index is 1.56. The van der Waals surface area contributed by atoms with Crippen LogP contribution in [0.2, 0.25) is 5.02 Å². The Kier molecular flexibility index (Phi) is 6.80. The lowest BCUT2D eigenvalue weighted by molar-refractivity contribution is 0.138. The third kappa shape index (κ3) is 5.59. The summed E-state index contributed by atoms with van der Waals surface area (Å²) in [6.07, 6.45) is 6.62. The highest BCUT2D eigenvalue weighted by Crippen LogP contribution is 2.32. The van der Waals surface area contributed by atoms with Crippen molar-refractivity contribution in [3.05, 3.63) is 35.0 Å². The van der Waals surface area contributed by atoms with Gasteiger partial charge in [0, 0.05) is 37.7 Å². The van der Waals surface area contributed by atoms with Gasteiger partial charge >= 0.3 is 6.09 Å². The van der Waals surface area contributed by atoms with Crippen molar-refractivity contribution in [3.8, 4) is 0 Å². The van der Waals surface area contributed by atoms with Crippen LogP contribution in [0.1, 0.15) is 38.2 Å². The zero-order valence-corrected chi connectivity index (χ0v) is 20.1. The summed E-state index contributed by atoms with van der Waals surface area (Å²) in [6.45, 7) is 5.17. The SMILES string of the molecule is CC(C)(COC(N)=O)Nc1nc(N2CCC=C(c3ncc(Cl)cn3)CC2)nc2c1S(=O)CC2. The number of nitrogens with two attached hydrogens (primary N) is 1. The molecule has 10 nitrogen and oxygen atoms in total. The molecular weight excluding hydrogens is 466 g/mol. The van der Waals surface area contributed by atoms with Gasteiger partial charge in [-0.25, -0.2) is 19.7 Å². The lowest BCUT2D eigenvalue weighted by Crippen LogP contribution is -2.39. The molecule has 0 saturated carbocycles. The van der Waals surface area contributed by atoms with E-state index in [0.717, 1.165) is 30.7 Å². The summed E-state index contributed by atoms with van der Waals surface area (Å²) < 4.78 is 17.6. The highest BCUT2D eigenvalue weighted by Gasteiger charge is 2.31. The van der Waals surface area contributed by atoms with E-state index in [0.29, 0.717) is 46.2 Å². The molecule has 33 heavy (non-hydrogen) atoms. The molecule has 1 unspecified atom stereocenters. The fraction of sp³-hybridized carbons (Fsp3) is 0.476. The van der Waals surface area contributed by atoms with Crippen LogP contribution in [-0.4, -0.2) is 61.2 Å². The van der Waals surface area contributed by atoms with Crippen molar-refractivity contribution in [2.45, 2.75) is 43.5 Å². The number of hydrogen-bond donors (Lipinski definition) is 2. The molecule has 1 atom stereocenters. The van der Waals surface area contributed by atoms with Crippen LogP contribution in [0.25, 0.3) is 5.57 Å². The minimum absolute atomic E-state index is 0.0428. The second-order valence-electron chi connectivity index (χ2n) is 8.54. The Morgan fingerprint density at radius 2 is 2.03 bits per heavy atom. The van der Waals surface area contributed by atoms with Crippen molar-refractivity contribution in [1.29, 1.82) is 0 Å². The first-order valence-corrected chi connectivity index (χ1v) is 12.3. The summed E-state index contributed by atoms with van der Waals surface area (Å²) in [4.78, 5) is 31.9. The summed E-state index contributed by atoms with van der Waals surface area (Å²) in [7, 11) is -1.18. The monoisotopic (exact) mass is 491 g/mol. The topological polar surface area (TPSA) is 136 Å². The molecule has 0 fully saturated rings. The molecule has 2 aromatic rings. The van der Waals surface area contributed by atoms with Crippen LogP contribution >= 0.6 is 11.6 Å². The molecule has 0 bridgehead atoms. The molecular formula is C21H26ClN7O3S. The Hall–Kier alpha value is -2.79. The standard InChI is InChI=1S/C21H26ClN7O3S/c1-21(2,12-32-19(23)30)28-18-16-15(6-9-33(16)31)26-20(27-18)29-7-3-4-13(5-8-29)17-24-10-14(22)11-25-17/h4,10-11H,3,5-9,12H2,1-2H3,(H2,23,30)(H,26,27,28). The Bertz CT molecular complexity index is 1110. The van der Waals surface area contributed by atoms with Gasteiger partial charge in [0.1, 0.15) is 17.3 Å². The van der Waals surface area contributed by atoms with Gasteiger partial charge in [-0.2, -0.15) is 4.98 Å². The van der Waals surface area contributed by atoms with Gasteiger partial charge in [0.05, 0.1) is 27.1 Å². The number of anilines is 2. The highest BCUT2D eigenvalue weighted by molar-refractivity contribution is 7.85. The van der Waals surface area contributed by atoms with E-state index in [9.17, 15) is 9.00 Å². The molecule has 4 heterocycles. The molecule has 176 valence electrons. The average Bonchev–Trinajstić information content (AvgIpc) is 2.98. The van der Waals surface area contributed by atoms with Gasteiger partial charge in [-0.3, -0.25) is 4.21 Å². The van der Waals surface area contributed by atoms with E-state index in [4.69, 9.17) is 32.0 Å². The van der Waals surface area contributed by atoms with Crippen molar-refractivity contribution in [2.24, 2.45) is 5.73 Å². The fourth-order valence-electron chi connectivity index (χ4n) is 3.76. The van der Waals surface area contributed by atoms with Crippen molar-refractivity contribution in [1.82, 2.24) is 19.9 Å². The summed E-state index contributed by atoms with van der Waals surface area (Å²) in [5, 5.41) is 3.79. The fourth-order valence-corrected chi connectivity index (χ4v) is 5.17. The van der Waals surface area contributed by atoms with Crippen LogP contribution in [-0.2, 0) is 22.0 Å². The van der Waals surface area contributed by atoms with Gasteiger partial charge in [0.15, 0.2) is 5.82 Å². The van der Waals surface area contributed by atoms with Crippen LogP contribution in [0.3, 0.4) is 0 Å². The lowest BCUT2D eigenvalue weighted by atomic mass is 10.1. The molecule has 0 aliphatic carbocycles. The van der Waals surface area contributed by atoms with Gasteiger partial charge in [0.25, 0.3) is 0 Å². The molecule has 2 aliphatic heterocycles. The number of ether oxygens (including phenoxy) is 1. The number of nitrogens with zero attached hydrogens (tertiary/aromatic N) is 5. The average molecular weight is 492 g/mol. The third-order valence-corrected chi connectivity index (χ3v) is 6.99. The number of nitrogens with one attached hydrogen (secondary N) is 1. The quantitative estimate of drug-likeness (QED) is 0.624. The van der Waals surface area contributed by atoms with Gasteiger partial charge in [-0.1, -0.05) is 17.7 Å². The summed E-state index contributed by atoms with van der Waals surface area (Å²) in [5.74, 6) is 2.26. The normalized spacial score (nSPS) is 18.3. The van der Waals surface area contributed by atoms with E-state index in [1.165, 1.54) is 0 Å². The Labute approximate surface area is 199 Å². The number of carbonyl (C=O) groups excluding carboxylic acids is 1. The summed E-state index contributed by atoms with van der Waals surface area (Å²) in [6, 6.07) is 0. The van der Waals surface area contributed by atoms with Gasteiger partial charge in [0.2, 0.25) is 5.95 Å². The molecule has 12 heteroatoms. The van der Waals surface area contributed by atoms with E-state index >= 15 is 0 Å². The zero-order valence-electron chi connectivity index (χ0n) is 18.5. The number of aryl methyl sites for hydroxylation is 1. The molecule has 2 aromatic heterocycles. The Morgan fingerprint density at radius 1 is 1.27 bits per heavy atom. The molecule has 0 aromatic carbocycles. The Morgan fingerprint density at radius 3 is 2.76 bits per heavy atom. The molecule has 0 radical (unpaired) electrons. The number of rotatable bonds is 6. The number of hydrogen-bond acceptors (Lipinski definition) is 9. The van der Waals surface area contributed by atoms with Crippen LogP contribution in [0.15, 0.2) is 23.4 Å². The third-order valence-electron chi connectivity index (χ3n) is 5.34. The predicted molar refractivity (Wildman–Crippen MR) is 127 cm³/mol. The van der Waals surface area contributed by atoms with Crippen LogP contribution in [0.5, 0.6) is 0 Å². The molecule has 3 N–H and O–H groups in total. The first-order valence-electron chi connectivity index (χ1n) is 10.6. The second kappa shape index (κ2) is 9.60. The van der Waals surface area contributed by atoms with Crippen molar-refractivity contribution < 1.29 is 13.7 Å². The summed E-state index contributed by atoms with van der Waals surface area (Å²) >= 11 is 5.91. The minimum Gasteiger partial charge on any atom is -0.447 e. The molecule has 1 amide bonds. The molecule has 4 rings (SSSR count). The predicted octanol–water partition coefficient (Wildman–Crippen LogP) is 2.55. The van der Waals surface area contributed by atoms with Crippen LogP contribution in [0, 0.1) is 0 Å². The number of primary amides is 1. The van der Waals surface area contributed by atoms with E-state index in [-0.39, 0.29) is 6.61 Å². The first-order chi connectivity index (χ1) is 15.7. The van der Waals surface area contributed by atoms with Crippen LogP contribution in [0.4, 0.5) is 16.6 Å². The number of halogens is 1. The smallest absolute Gasteiger partial charge is 0.404 e. The van der Waals surface area contributed by atoms with Gasteiger partial charge in [-0.05, 0) is 32.3 Å². The molecule has 0 saturated heterocycles. The molecule has 0 spiro atoms. The van der Waals surface area contributed by atoms with E-state index < -0.39 is 22.4 Å². The highest BCUT2D eigenvalue weighted by atomic mass is 35.5. The second-order valence-corrected chi connectivity index (χ2v) is 10.5. The largest absolute Gasteiger partial charge is 0.447 e. The zero-order chi connectivity index (χ0) is 23.6. The maximum absolute atomic E-state index is 12.6. The maximum Gasteiger partial charge on any atom is 0.404 e. The van der Waals surface area contributed by atoms with E-state index in [2.05, 4.69) is 26.3 Å². The van der Waals surface area contributed by atoms with Gasteiger partial charge < -0.3 is 20.7 Å². The molecule has 2 aliphatic rings. The number of carbonyl (C=O) groups is 1.